The Hall–Kier alpha value is -4.11. The molecule has 0 saturated carbocycles. The van der Waals surface area contributed by atoms with Crippen molar-refractivity contribution in [2.24, 2.45) is 0 Å². The molecule has 0 aliphatic carbocycles. The lowest BCUT2D eigenvalue weighted by atomic mass is 10.2. The first-order valence-electron chi connectivity index (χ1n) is 10.1. The molecule has 2 aromatic heterocycles. The van der Waals surface area contributed by atoms with Gasteiger partial charge in [-0.25, -0.2) is 14.1 Å². The van der Waals surface area contributed by atoms with E-state index < -0.39 is 5.91 Å². The Morgan fingerprint density at radius 3 is 2.64 bits per heavy atom. The van der Waals surface area contributed by atoms with Crippen LogP contribution in [-0.2, 0) is 22.7 Å². The molecule has 0 atom stereocenters. The van der Waals surface area contributed by atoms with Gasteiger partial charge in [-0.2, -0.15) is 0 Å². The van der Waals surface area contributed by atoms with E-state index in [2.05, 4.69) is 20.7 Å². The number of aromatic nitrogens is 3. The van der Waals surface area contributed by atoms with Gasteiger partial charge in [0.25, 0.3) is 5.91 Å². The molecule has 2 aromatic carbocycles. The van der Waals surface area contributed by atoms with Gasteiger partial charge < -0.3 is 5.32 Å². The smallest absolute Gasteiger partial charge is 0.250 e. The molecule has 0 radical (unpaired) electrons. The fraction of sp³-hybridized carbons (Fsp3) is 0.0833. The minimum Gasteiger partial charge on any atom is -0.350 e. The molecule has 2 N–H and O–H groups in total. The molecule has 0 saturated heterocycles. The molecule has 4 rings (SSSR count). The van der Waals surface area contributed by atoms with Gasteiger partial charge in [0.1, 0.15) is 18.7 Å². The number of thiophene rings is 1. The van der Waals surface area contributed by atoms with Gasteiger partial charge in [-0.3, -0.25) is 14.9 Å². The normalized spacial score (nSPS) is 10.9. The highest BCUT2D eigenvalue weighted by Crippen LogP contribution is 2.30. The van der Waals surface area contributed by atoms with E-state index in [0.29, 0.717) is 12.1 Å². The monoisotopic (exact) mass is 461 g/mol. The first-order chi connectivity index (χ1) is 16.1. The molecule has 4 aromatic rings. The Bertz CT molecular complexity index is 1280. The summed E-state index contributed by atoms with van der Waals surface area (Å²) in [4.78, 5) is 29.8. The van der Waals surface area contributed by atoms with Crippen molar-refractivity contribution in [3.63, 3.8) is 0 Å². The highest BCUT2D eigenvalue weighted by atomic mass is 32.1. The Balaban J connectivity index is 1.28. The SMILES string of the molecule is O=C(C=Cc1ccc(-c2ccccc2F)s1)Nc1ncn(CC(=O)NCc2ccccc2)n1. The van der Waals surface area contributed by atoms with Crippen molar-refractivity contribution in [2.75, 3.05) is 5.32 Å². The van der Waals surface area contributed by atoms with Crippen molar-refractivity contribution in [2.45, 2.75) is 13.1 Å². The van der Waals surface area contributed by atoms with Gasteiger partial charge in [0, 0.05) is 27.9 Å². The van der Waals surface area contributed by atoms with Crippen LogP contribution in [-0.4, -0.2) is 26.6 Å². The molecule has 0 spiro atoms. The quantitative estimate of drug-likeness (QED) is 0.387. The third-order valence-electron chi connectivity index (χ3n) is 4.57. The van der Waals surface area contributed by atoms with Gasteiger partial charge in [-0.1, -0.05) is 48.5 Å². The van der Waals surface area contributed by atoms with Crippen molar-refractivity contribution >= 4 is 35.2 Å². The number of anilines is 1. The lowest BCUT2D eigenvalue weighted by Gasteiger charge is -2.04. The van der Waals surface area contributed by atoms with Crippen molar-refractivity contribution < 1.29 is 14.0 Å². The van der Waals surface area contributed by atoms with Crippen LogP contribution in [0, 0.1) is 5.82 Å². The van der Waals surface area contributed by atoms with Crippen molar-refractivity contribution in [1.29, 1.82) is 0 Å². The summed E-state index contributed by atoms with van der Waals surface area (Å²) >= 11 is 1.38. The van der Waals surface area contributed by atoms with E-state index in [0.717, 1.165) is 15.3 Å². The lowest BCUT2D eigenvalue weighted by molar-refractivity contribution is -0.122. The average Bonchev–Trinajstić information content (AvgIpc) is 3.47. The minimum absolute atomic E-state index is 0.0143. The zero-order valence-electron chi connectivity index (χ0n) is 17.4. The number of hydrogen-bond acceptors (Lipinski definition) is 5. The fourth-order valence-corrected chi connectivity index (χ4v) is 3.92. The Kier molecular flexibility index (Phi) is 7.01. The van der Waals surface area contributed by atoms with Gasteiger partial charge in [-0.05, 0) is 29.8 Å². The highest BCUT2D eigenvalue weighted by Gasteiger charge is 2.09. The second-order valence-electron chi connectivity index (χ2n) is 7.03. The zero-order chi connectivity index (χ0) is 23.0. The van der Waals surface area contributed by atoms with Crippen LogP contribution >= 0.6 is 11.3 Å². The molecular weight excluding hydrogens is 441 g/mol. The number of hydrogen-bond donors (Lipinski definition) is 2. The number of benzene rings is 2. The molecule has 166 valence electrons. The summed E-state index contributed by atoms with van der Waals surface area (Å²) in [6.45, 7) is 0.406. The van der Waals surface area contributed by atoms with Gasteiger partial charge in [-0.15, -0.1) is 16.4 Å². The van der Waals surface area contributed by atoms with E-state index in [9.17, 15) is 14.0 Å². The summed E-state index contributed by atoms with van der Waals surface area (Å²) < 4.78 is 15.3. The summed E-state index contributed by atoms with van der Waals surface area (Å²) in [6.07, 6.45) is 4.37. The standard InChI is InChI=1S/C24H20FN5O2S/c25-20-9-5-4-8-19(20)21-12-10-18(33-21)11-13-22(31)28-24-27-16-30(29-24)15-23(32)26-14-17-6-2-1-3-7-17/h1-13,16H,14-15H2,(H,26,32)(H,28,29,31). The van der Waals surface area contributed by atoms with E-state index in [1.54, 1.807) is 24.3 Å². The molecule has 0 unspecified atom stereocenters. The molecule has 2 heterocycles. The molecule has 0 fully saturated rings. The second-order valence-corrected chi connectivity index (χ2v) is 8.15. The number of rotatable bonds is 8. The van der Waals surface area contributed by atoms with E-state index >= 15 is 0 Å². The molecular formula is C24H20FN5O2S. The molecule has 33 heavy (non-hydrogen) atoms. The van der Waals surface area contributed by atoms with E-state index in [1.165, 1.54) is 34.5 Å². The molecule has 9 heteroatoms. The summed E-state index contributed by atoms with van der Waals surface area (Å²) in [7, 11) is 0. The minimum atomic E-state index is -0.415. The largest absolute Gasteiger partial charge is 0.350 e. The number of carbonyl (C=O) groups excluding carboxylic acids is 2. The van der Waals surface area contributed by atoms with Crippen LogP contribution in [0.4, 0.5) is 10.3 Å². The summed E-state index contributed by atoms with van der Waals surface area (Å²) in [5.41, 5.74) is 1.52. The van der Waals surface area contributed by atoms with Crippen molar-refractivity contribution in [3.8, 4) is 10.4 Å². The first kappa shape index (κ1) is 22.1. The van der Waals surface area contributed by atoms with Crippen molar-refractivity contribution in [1.82, 2.24) is 20.1 Å². The van der Waals surface area contributed by atoms with Crippen LogP contribution in [0.2, 0.25) is 0 Å². The van der Waals surface area contributed by atoms with Crippen molar-refractivity contribution in [3.05, 3.63) is 95.4 Å². The van der Waals surface area contributed by atoms with E-state index in [4.69, 9.17) is 0 Å². The first-order valence-corrected chi connectivity index (χ1v) is 10.9. The number of halogens is 1. The van der Waals surface area contributed by atoms with Crippen LogP contribution in [0.3, 0.4) is 0 Å². The lowest BCUT2D eigenvalue weighted by Crippen LogP contribution is -2.27. The van der Waals surface area contributed by atoms with Gasteiger partial charge in [0.15, 0.2) is 0 Å². The number of nitrogens with one attached hydrogen (secondary N) is 2. The molecule has 0 aliphatic rings. The summed E-state index contributed by atoms with van der Waals surface area (Å²) in [5, 5.41) is 9.45. The number of amides is 2. The molecule has 2 amide bonds. The predicted octanol–water partition coefficient (Wildman–Crippen LogP) is 4.11. The summed E-state index contributed by atoms with van der Waals surface area (Å²) in [6, 6.07) is 19.7. The molecule has 0 bridgehead atoms. The van der Waals surface area contributed by atoms with Crippen LogP contribution in [0.25, 0.3) is 16.5 Å². The maximum atomic E-state index is 13.9. The maximum Gasteiger partial charge on any atom is 0.250 e. The summed E-state index contributed by atoms with van der Waals surface area (Å²) in [5.74, 6) is -0.825. The molecule has 0 aliphatic heterocycles. The predicted molar refractivity (Wildman–Crippen MR) is 126 cm³/mol. The third-order valence-corrected chi connectivity index (χ3v) is 5.66. The fourth-order valence-electron chi connectivity index (χ4n) is 2.99. The zero-order valence-corrected chi connectivity index (χ0v) is 18.3. The number of carbonyl (C=O) groups is 2. The van der Waals surface area contributed by atoms with Crippen LogP contribution < -0.4 is 10.6 Å². The highest BCUT2D eigenvalue weighted by molar-refractivity contribution is 7.16. The second kappa shape index (κ2) is 10.5. The van der Waals surface area contributed by atoms with Crippen LogP contribution in [0.15, 0.2) is 79.1 Å². The van der Waals surface area contributed by atoms with Gasteiger partial charge in [0.2, 0.25) is 11.9 Å². The molecule has 7 nitrogen and oxygen atoms in total. The third kappa shape index (κ3) is 6.20. The van der Waals surface area contributed by atoms with Gasteiger partial charge in [0.05, 0.1) is 0 Å². The van der Waals surface area contributed by atoms with Gasteiger partial charge >= 0.3 is 0 Å². The Morgan fingerprint density at radius 2 is 1.82 bits per heavy atom. The topological polar surface area (TPSA) is 88.9 Å². The Labute approximate surface area is 193 Å². The van der Waals surface area contributed by atoms with Crippen LogP contribution in [0.5, 0.6) is 0 Å². The average molecular weight is 462 g/mol. The Morgan fingerprint density at radius 1 is 1.03 bits per heavy atom. The van der Waals surface area contributed by atoms with E-state index in [1.807, 2.05) is 42.5 Å². The maximum absolute atomic E-state index is 13.9. The van der Waals surface area contributed by atoms with Crippen LogP contribution in [0.1, 0.15) is 10.4 Å². The van der Waals surface area contributed by atoms with E-state index in [-0.39, 0.29) is 24.2 Å². The number of nitrogens with zero attached hydrogens (tertiary/aromatic N) is 3.